The molecule has 1 unspecified atom stereocenters. The second kappa shape index (κ2) is 5.16. The highest BCUT2D eigenvalue weighted by Crippen LogP contribution is 2.42. The van der Waals surface area contributed by atoms with Crippen molar-refractivity contribution in [2.75, 3.05) is 5.32 Å². The van der Waals surface area contributed by atoms with Crippen LogP contribution in [0.3, 0.4) is 0 Å². The summed E-state index contributed by atoms with van der Waals surface area (Å²) in [7, 11) is 0. The van der Waals surface area contributed by atoms with Gasteiger partial charge in [0.25, 0.3) is 0 Å². The van der Waals surface area contributed by atoms with Crippen molar-refractivity contribution in [3.05, 3.63) is 28.2 Å². The Morgan fingerprint density at radius 2 is 1.86 bits per heavy atom. The summed E-state index contributed by atoms with van der Waals surface area (Å²) < 4.78 is 45.8. The van der Waals surface area contributed by atoms with Crippen molar-refractivity contribution in [3.8, 4) is 0 Å². The Bertz CT molecular complexity index is 540. The van der Waals surface area contributed by atoms with E-state index in [0.717, 1.165) is 6.07 Å². The molecular weight excluding hydrogens is 347 g/mol. The van der Waals surface area contributed by atoms with Gasteiger partial charge in [0.15, 0.2) is 0 Å². The fourth-order valence-corrected chi connectivity index (χ4v) is 3.21. The van der Waals surface area contributed by atoms with Crippen LogP contribution in [0.15, 0.2) is 22.7 Å². The van der Waals surface area contributed by atoms with Gasteiger partial charge in [-0.3, -0.25) is 0 Å². The lowest BCUT2D eigenvalue weighted by Gasteiger charge is -2.29. The van der Waals surface area contributed by atoms with Gasteiger partial charge in [-0.1, -0.05) is 15.9 Å². The molecule has 2 nitrogen and oxygen atoms in total. The zero-order valence-electron chi connectivity index (χ0n) is 12.4. The van der Waals surface area contributed by atoms with Crippen molar-refractivity contribution in [3.63, 3.8) is 0 Å². The zero-order chi connectivity index (χ0) is 16.1. The van der Waals surface area contributed by atoms with Crippen molar-refractivity contribution in [2.24, 2.45) is 0 Å². The van der Waals surface area contributed by atoms with E-state index in [4.69, 9.17) is 4.74 Å². The van der Waals surface area contributed by atoms with Crippen LogP contribution in [0.1, 0.15) is 39.7 Å². The van der Waals surface area contributed by atoms with E-state index in [0.29, 0.717) is 10.9 Å². The lowest BCUT2D eigenvalue weighted by Crippen LogP contribution is -2.38. The molecule has 1 fully saturated rings. The number of halogens is 4. The minimum atomic E-state index is -4.40. The lowest BCUT2D eigenvalue weighted by atomic mass is 9.94. The van der Waals surface area contributed by atoms with Crippen molar-refractivity contribution >= 4 is 21.6 Å². The number of hydrogen-bond acceptors (Lipinski definition) is 2. The highest BCUT2D eigenvalue weighted by atomic mass is 79.9. The van der Waals surface area contributed by atoms with Gasteiger partial charge in [-0.2, -0.15) is 13.2 Å². The van der Waals surface area contributed by atoms with Gasteiger partial charge in [0.05, 0.1) is 22.8 Å². The molecule has 0 amide bonds. The molecule has 21 heavy (non-hydrogen) atoms. The predicted molar refractivity (Wildman–Crippen MR) is 80.4 cm³/mol. The molecule has 0 aliphatic carbocycles. The fourth-order valence-electron chi connectivity index (χ4n) is 2.85. The number of anilines is 1. The smallest absolute Gasteiger partial charge is 0.379 e. The first kappa shape index (κ1) is 16.6. The van der Waals surface area contributed by atoms with E-state index in [1.807, 2.05) is 27.7 Å². The predicted octanol–water partition coefficient (Wildman–Crippen LogP) is 5.23. The second-order valence-corrected chi connectivity index (χ2v) is 7.47. The molecule has 1 aromatic carbocycles. The maximum Gasteiger partial charge on any atom is 0.418 e. The third-order valence-electron chi connectivity index (χ3n) is 3.69. The summed E-state index contributed by atoms with van der Waals surface area (Å²) in [6.07, 6.45) is -3.75. The van der Waals surface area contributed by atoms with Crippen LogP contribution in [0.2, 0.25) is 0 Å². The summed E-state index contributed by atoms with van der Waals surface area (Å²) in [4.78, 5) is 0. The van der Waals surface area contributed by atoms with Gasteiger partial charge < -0.3 is 10.1 Å². The molecule has 1 aliphatic rings. The van der Waals surface area contributed by atoms with Gasteiger partial charge in [-0.05, 0) is 52.3 Å². The van der Waals surface area contributed by atoms with Gasteiger partial charge >= 0.3 is 6.18 Å². The second-order valence-electron chi connectivity index (χ2n) is 6.55. The van der Waals surface area contributed by atoms with Crippen LogP contribution in [0, 0.1) is 0 Å². The van der Waals surface area contributed by atoms with Crippen LogP contribution in [-0.2, 0) is 10.9 Å². The number of nitrogens with one attached hydrogen (secondary N) is 1. The molecule has 1 heterocycles. The van der Waals surface area contributed by atoms with Gasteiger partial charge in [0.2, 0.25) is 0 Å². The Balaban J connectivity index is 2.32. The molecular formula is C15H19BrF3NO. The van der Waals surface area contributed by atoms with Crippen molar-refractivity contribution < 1.29 is 17.9 Å². The first-order valence-electron chi connectivity index (χ1n) is 6.74. The van der Waals surface area contributed by atoms with E-state index in [1.165, 1.54) is 6.07 Å². The minimum absolute atomic E-state index is 0.0880. The highest BCUT2D eigenvalue weighted by Gasteiger charge is 2.46. The van der Waals surface area contributed by atoms with E-state index in [1.54, 1.807) is 6.07 Å². The normalized spacial score (nSPS) is 24.1. The van der Waals surface area contributed by atoms with Crippen LogP contribution in [-0.4, -0.2) is 17.2 Å². The van der Waals surface area contributed by atoms with Crippen LogP contribution in [0.25, 0.3) is 0 Å². The molecule has 0 saturated carbocycles. The van der Waals surface area contributed by atoms with Gasteiger partial charge in [0.1, 0.15) is 0 Å². The standard InChI is InChI=1S/C15H19BrF3NO/c1-13(2)8-12(14(3,4)21-13)20-11-6-5-9(16)7-10(11)15(17,18)19/h5-7,12,20H,8H2,1-4H3. The average Bonchev–Trinajstić information content (AvgIpc) is 2.47. The third-order valence-corrected chi connectivity index (χ3v) is 4.18. The van der Waals surface area contributed by atoms with Crippen molar-refractivity contribution in [1.29, 1.82) is 0 Å². The molecule has 0 bridgehead atoms. The molecule has 0 spiro atoms. The average molecular weight is 366 g/mol. The van der Waals surface area contributed by atoms with E-state index < -0.39 is 17.3 Å². The molecule has 118 valence electrons. The number of ether oxygens (including phenoxy) is 1. The Morgan fingerprint density at radius 3 is 2.33 bits per heavy atom. The Labute approximate surface area is 131 Å². The number of hydrogen-bond donors (Lipinski definition) is 1. The first-order valence-corrected chi connectivity index (χ1v) is 7.53. The SMILES string of the molecule is CC1(C)CC(Nc2ccc(Br)cc2C(F)(F)F)C(C)(C)O1. The molecule has 1 aliphatic heterocycles. The Kier molecular flexibility index (Phi) is 4.08. The number of rotatable bonds is 2. The number of alkyl halides is 3. The summed E-state index contributed by atoms with van der Waals surface area (Å²) in [5.41, 5.74) is -1.46. The van der Waals surface area contributed by atoms with Crippen LogP contribution in [0.4, 0.5) is 18.9 Å². The lowest BCUT2D eigenvalue weighted by molar-refractivity contribution is -0.137. The molecule has 1 aromatic rings. The molecule has 2 rings (SSSR count). The van der Waals surface area contributed by atoms with E-state index >= 15 is 0 Å². The number of benzene rings is 1. The monoisotopic (exact) mass is 365 g/mol. The minimum Gasteiger partial charge on any atom is -0.379 e. The summed E-state index contributed by atoms with van der Waals surface area (Å²) in [5, 5.41) is 3.02. The zero-order valence-corrected chi connectivity index (χ0v) is 14.0. The Hall–Kier alpha value is -0.750. The third kappa shape index (κ3) is 3.72. The topological polar surface area (TPSA) is 21.3 Å². The molecule has 0 radical (unpaired) electrons. The van der Waals surface area contributed by atoms with Crippen LogP contribution in [0.5, 0.6) is 0 Å². The van der Waals surface area contributed by atoms with E-state index in [-0.39, 0.29) is 17.3 Å². The quantitative estimate of drug-likeness (QED) is 0.774. The van der Waals surface area contributed by atoms with Crippen LogP contribution >= 0.6 is 15.9 Å². The molecule has 1 N–H and O–H groups in total. The maximum atomic E-state index is 13.2. The largest absolute Gasteiger partial charge is 0.418 e. The van der Waals surface area contributed by atoms with Gasteiger partial charge in [-0.15, -0.1) is 0 Å². The maximum absolute atomic E-state index is 13.2. The molecule has 1 saturated heterocycles. The van der Waals surface area contributed by atoms with E-state index in [9.17, 15) is 13.2 Å². The van der Waals surface area contributed by atoms with Crippen molar-refractivity contribution in [2.45, 2.75) is 57.5 Å². The van der Waals surface area contributed by atoms with Gasteiger partial charge in [-0.25, -0.2) is 0 Å². The molecule has 1 atom stereocenters. The molecule has 6 heteroatoms. The summed E-state index contributed by atoms with van der Waals surface area (Å²) in [5.74, 6) is 0. The fraction of sp³-hybridized carbons (Fsp3) is 0.600. The van der Waals surface area contributed by atoms with Gasteiger partial charge in [0, 0.05) is 10.2 Å². The molecule has 0 aromatic heterocycles. The summed E-state index contributed by atoms with van der Waals surface area (Å²) in [6, 6.07) is 3.96. The van der Waals surface area contributed by atoms with Crippen molar-refractivity contribution in [1.82, 2.24) is 0 Å². The van der Waals surface area contributed by atoms with E-state index in [2.05, 4.69) is 21.2 Å². The van der Waals surface area contributed by atoms with Crippen LogP contribution < -0.4 is 5.32 Å². The Morgan fingerprint density at radius 1 is 1.24 bits per heavy atom. The summed E-state index contributed by atoms with van der Waals surface area (Å²) in [6.45, 7) is 7.68. The highest BCUT2D eigenvalue weighted by molar-refractivity contribution is 9.10. The first-order chi connectivity index (χ1) is 9.41. The summed E-state index contributed by atoms with van der Waals surface area (Å²) >= 11 is 3.09.